The van der Waals surface area contributed by atoms with Crippen molar-refractivity contribution in [2.45, 2.75) is 29.7 Å². The molecule has 13 heteroatoms. The van der Waals surface area contributed by atoms with Gasteiger partial charge < -0.3 is 4.42 Å². The molecule has 0 saturated heterocycles. The number of pyridine rings is 1. The Kier molecular flexibility index (Phi) is 5.58. The first kappa shape index (κ1) is 21.1. The molecule has 4 rings (SSSR count). The fourth-order valence-corrected chi connectivity index (χ4v) is 3.79. The maximum absolute atomic E-state index is 12.7. The lowest BCUT2D eigenvalue weighted by Crippen LogP contribution is -2.23. The van der Waals surface area contributed by atoms with Crippen molar-refractivity contribution in [1.29, 1.82) is 0 Å². The van der Waals surface area contributed by atoms with Gasteiger partial charge in [0.25, 0.3) is 5.56 Å². The number of rotatable bonds is 5. The summed E-state index contributed by atoms with van der Waals surface area (Å²) in [5.74, 6) is 0.962. The second-order valence-electron chi connectivity index (χ2n) is 6.07. The molecule has 0 N–H and O–H groups in total. The summed E-state index contributed by atoms with van der Waals surface area (Å²) < 4.78 is 46.1. The summed E-state index contributed by atoms with van der Waals surface area (Å²) >= 11 is 7.30. The molecule has 0 bridgehead atoms. The molecule has 4 aromatic heterocycles. The molecule has 8 nitrogen and oxygen atoms in total. The maximum atomic E-state index is 12.7. The summed E-state index contributed by atoms with van der Waals surface area (Å²) in [5.41, 5.74) is -1.67. The molecule has 0 aliphatic heterocycles. The Bertz CT molecular complexity index is 1270. The number of halogens is 4. The summed E-state index contributed by atoms with van der Waals surface area (Å²) in [5, 5.41) is 12.5. The Morgan fingerprint density at radius 1 is 1.19 bits per heavy atom. The normalized spacial score (nSPS) is 11.8. The molecule has 0 spiro atoms. The topological polar surface area (TPSA) is 91.6 Å². The van der Waals surface area contributed by atoms with E-state index in [1.807, 2.05) is 6.92 Å². The summed E-state index contributed by atoms with van der Waals surface area (Å²) in [7, 11) is 0. The zero-order valence-corrected chi connectivity index (χ0v) is 17.2. The standard InChI is InChI=1S/C18H12ClF3N6O2S/c1-2-27-15(11-4-3-7-30-11)25-26-17(27)31-12-9-24-28(16(29)14(12)19)13-6-5-10(8-23-13)18(20,21)22/h3-9H,2H2,1H3. The van der Waals surface area contributed by atoms with Gasteiger partial charge in [-0.05, 0) is 43.0 Å². The largest absolute Gasteiger partial charge is 0.461 e. The molecule has 160 valence electrons. The number of alkyl halides is 3. The van der Waals surface area contributed by atoms with Crippen molar-refractivity contribution < 1.29 is 17.6 Å². The van der Waals surface area contributed by atoms with E-state index in [1.165, 1.54) is 12.5 Å². The van der Waals surface area contributed by atoms with Gasteiger partial charge in [0.2, 0.25) is 0 Å². The third kappa shape index (κ3) is 4.08. The second kappa shape index (κ2) is 8.19. The zero-order chi connectivity index (χ0) is 22.2. The minimum atomic E-state index is -4.54. The molecule has 0 unspecified atom stereocenters. The van der Waals surface area contributed by atoms with Gasteiger partial charge in [0, 0.05) is 12.7 Å². The molecule has 0 amide bonds. The Morgan fingerprint density at radius 2 is 2.00 bits per heavy atom. The van der Waals surface area contributed by atoms with Gasteiger partial charge in [0.1, 0.15) is 5.02 Å². The van der Waals surface area contributed by atoms with Crippen LogP contribution in [0.5, 0.6) is 0 Å². The fraction of sp³-hybridized carbons (Fsp3) is 0.167. The van der Waals surface area contributed by atoms with Crippen LogP contribution >= 0.6 is 23.4 Å². The van der Waals surface area contributed by atoms with Gasteiger partial charge in [0.15, 0.2) is 22.6 Å². The molecule has 4 aromatic rings. The van der Waals surface area contributed by atoms with Crippen molar-refractivity contribution in [1.82, 2.24) is 29.5 Å². The molecule has 0 aliphatic carbocycles. The van der Waals surface area contributed by atoms with E-state index in [0.717, 1.165) is 28.6 Å². The summed E-state index contributed by atoms with van der Waals surface area (Å²) in [6.45, 7) is 2.43. The molecule has 4 heterocycles. The van der Waals surface area contributed by atoms with Crippen LogP contribution in [-0.2, 0) is 12.7 Å². The van der Waals surface area contributed by atoms with E-state index in [9.17, 15) is 18.0 Å². The Morgan fingerprint density at radius 3 is 2.61 bits per heavy atom. The lowest BCUT2D eigenvalue weighted by molar-refractivity contribution is -0.137. The lowest BCUT2D eigenvalue weighted by Gasteiger charge is -2.10. The van der Waals surface area contributed by atoms with Crippen LogP contribution in [0.2, 0.25) is 5.02 Å². The summed E-state index contributed by atoms with van der Waals surface area (Å²) in [4.78, 5) is 16.6. The Labute approximate surface area is 181 Å². The molecule has 0 aromatic carbocycles. The van der Waals surface area contributed by atoms with Crippen LogP contribution in [0.3, 0.4) is 0 Å². The summed E-state index contributed by atoms with van der Waals surface area (Å²) in [6.07, 6.45) is -1.08. The third-order valence-electron chi connectivity index (χ3n) is 4.16. The minimum absolute atomic E-state index is 0.0896. The Balaban J connectivity index is 1.65. The first-order valence-corrected chi connectivity index (χ1v) is 9.95. The molecule has 0 atom stereocenters. The highest BCUT2D eigenvalue weighted by Crippen LogP contribution is 2.32. The van der Waals surface area contributed by atoms with Gasteiger partial charge in [0.05, 0.1) is 22.9 Å². The smallest absolute Gasteiger partial charge is 0.417 e. The van der Waals surface area contributed by atoms with Crippen LogP contribution in [0.25, 0.3) is 17.4 Å². The first-order chi connectivity index (χ1) is 14.8. The van der Waals surface area contributed by atoms with E-state index in [1.54, 1.807) is 16.7 Å². The number of hydrogen-bond donors (Lipinski definition) is 0. The average Bonchev–Trinajstić information content (AvgIpc) is 3.40. The van der Waals surface area contributed by atoms with E-state index in [4.69, 9.17) is 16.0 Å². The van der Waals surface area contributed by atoms with Crippen molar-refractivity contribution in [2.75, 3.05) is 0 Å². The van der Waals surface area contributed by atoms with E-state index < -0.39 is 17.3 Å². The van der Waals surface area contributed by atoms with Gasteiger partial charge in [-0.3, -0.25) is 9.36 Å². The lowest BCUT2D eigenvalue weighted by atomic mass is 10.3. The van der Waals surface area contributed by atoms with Crippen molar-refractivity contribution >= 4 is 23.4 Å². The molecule has 0 fully saturated rings. The number of aromatic nitrogens is 6. The van der Waals surface area contributed by atoms with E-state index >= 15 is 0 Å². The van der Waals surface area contributed by atoms with Crippen LogP contribution < -0.4 is 5.56 Å². The predicted octanol–water partition coefficient (Wildman–Crippen LogP) is 4.32. The van der Waals surface area contributed by atoms with Crippen LogP contribution in [0.1, 0.15) is 12.5 Å². The maximum Gasteiger partial charge on any atom is 0.417 e. The highest BCUT2D eigenvalue weighted by molar-refractivity contribution is 7.99. The molecule has 0 saturated carbocycles. The van der Waals surface area contributed by atoms with Gasteiger partial charge >= 0.3 is 6.18 Å². The molecule has 0 radical (unpaired) electrons. The van der Waals surface area contributed by atoms with Gasteiger partial charge in [-0.1, -0.05) is 11.6 Å². The minimum Gasteiger partial charge on any atom is -0.461 e. The van der Waals surface area contributed by atoms with Crippen molar-refractivity contribution in [3.05, 3.63) is 63.9 Å². The molecule has 0 aliphatic rings. The Hall–Kier alpha value is -3.12. The van der Waals surface area contributed by atoms with Crippen molar-refractivity contribution in [3.63, 3.8) is 0 Å². The van der Waals surface area contributed by atoms with E-state index in [2.05, 4.69) is 20.3 Å². The van der Waals surface area contributed by atoms with Gasteiger partial charge in [-0.25, -0.2) is 4.98 Å². The van der Waals surface area contributed by atoms with Crippen LogP contribution in [0, 0.1) is 0 Å². The van der Waals surface area contributed by atoms with Crippen molar-refractivity contribution in [3.8, 4) is 17.4 Å². The van der Waals surface area contributed by atoms with Crippen molar-refractivity contribution in [2.24, 2.45) is 0 Å². The highest BCUT2D eigenvalue weighted by atomic mass is 35.5. The third-order valence-corrected chi connectivity index (χ3v) is 5.65. The fourth-order valence-electron chi connectivity index (χ4n) is 2.67. The van der Waals surface area contributed by atoms with Crippen LogP contribution in [0.4, 0.5) is 13.2 Å². The zero-order valence-electron chi connectivity index (χ0n) is 15.7. The quantitative estimate of drug-likeness (QED) is 0.430. The SMILES string of the molecule is CCn1c(Sc2cnn(-c3ccc(C(F)(F)F)cn3)c(=O)c2Cl)nnc1-c1ccco1. The summed E-state index contributed by atoms with van der Waals surface area (Å²) in [6, 6.07) is 5.33. The van der Waals surface area contributed by atoms with Gasteiger partial charge in [-0.15, -0.1) is 10.2 Å². The number of furan rings is 1. The second-order valence-corrected chi connectivity index (χ2v) is 7.46. The monoisotopic (exact) mass is 468 g/mol. The molecule has 31 heavy (non-hydrogen) atoms. The average molecular weight is 469 g/mol. The molecular formula is C18H12ClF3N6O2S. The molecular weight excluding hydrogens is 457 g/mol. The number of nitrogens with zero attached hydrogens (tertiary/aromatic N) is 6. The van der Waals surface area contributed by atoms with E-state index in [0.29, 0.717) is 34.4 Å². The van der Waals surface area contributed by atoms with Gasteiger partial charge in [-0.2, -0.15) is 23.0 Å². The highest BCUT2D eigenvalue weighted by Gasteiger charge is 2.31. The van der Waals surface area contributed by atoms with Crippen LogP contribution in [-0.4, -0.2) is 29.5 Å². The predicted molar refractivity (Wildman–Crippen MR) is 105 cm³/mol. The van der Waals surface area contributed by atoms with E-state index in [-0.39, 0.29) is 10.8 Å². The first-order valence-electron chi connectivity index (χ1n) is 8.76. The number of hydrogen-bond acceptors (Lipinski definition) is 7. The van der Waals surface area contributed by atoms with Crippen LogP contribution in [0.15, 0.2) is 62.2 Å².